The van der Waals surface area contributed by atoms with E-state index in [2.05, 4.69) is 15.3 Å². The SMILES string of the molecule is COc1ccc(C(=O)N2CCC[C@](C(=O)N(C)C)(c3ccccn3)C2)cc1NCc1ccncc1. The number of hydrogen-bond acceptors (Lipinski definition) is 6. The van der Waals surface area contributed by atoms with E-state index in [0.29, 0.717) is 42.9 Å². The van der Waals surface area contributed by atoms with Crippen molar-refractivity contribution in [3.63, 3.8) is 0 Å². The number of benzene rings is 1. The van der Waals surface area contributed by atoms with Gasteiger partial charge in [0.05, 0.1) is 18.5 Å². The van der Waals surface area contributed by atoms with Crippen LogP contribution in [0.1, 0.15) is 34.5 Å². The molecule has 1 aromatic carbocycles. The number of ether oxygens (including phenoxy) is 1. The van der Waals surface area contributed by atoms with E-state index in [-0.39, 0.29) is 18.4 Å². The van der Waals surface area contributed by atoms with E-state index in [1.54, 1.807) is 61.7 Å². The van der Waals surface area contributed by atoms with E-state index in [4.69, 9.17) is 4.74 Å². The molecule has 8 nitrogen and oxygen atoms in total. The van der Waals surface area contributed by atoms with E-state index < -0.39 is 5.41 Å². The molecule has 3 aromatic rings. The van der Waals surface area contributed by atoms with Crippen molar-refractivity contribution in [3.05, 3.63) is 83.9 Å². The minimum absolute atomic E-state index is 0.0388. The number of amides is 2. The second-order valence-electron chi connectivity index (χ2n) is 8.95. The molecule has 0 radical (unpaired) electrons. The first-order valence-electron chi connectivity index (χ1n) is 11.7. The van der Waals surface area contributed by atoms with Crippen molar-refractivity contribution >= 4 is 17.5 Å². The number of hydrogen-bond donors (Lipinski definition) is 1. The lowest BCUT2D eigenvalue weighted by molar-refractivity contribution is -0.136. The van der Waals surface area contributed by atoms with Gasteiger partial charge in [-0.15, -0.1) is 0 Å². The summed E-state index contributed by atoms with van der Waals surface area (Å²) < 4.78 is 5.50. The van der Waals surface area contributed by atoms with E-state index in [9.17, 15) is 9.59 Å². The molecule has 4 rings (SSSR count). The Morgan fingerprint density at radius 3 is 2.60 bits per heavy atom. The number of aromatic nitrogens is 2. The zero-order valence-electron chi connectivity index (χ0n) is 20.4. The summed E-state index contributed by atoms with van der Waals surface area (Å²) in [6.45, 7) is 1.44. The molecule has 1 saturated heterocycles. The van der Waals surface area contributed by atoms with E-state index in [0.717, 1.165) is 11.3 Å². The Labute approximate surface area is 205 Å². The summed E-state index contributed by atoms with van der Waals surface area (Å²) in [5, 5.41) is 3.36. The molecule has 0 spiro atoms. The molecule has 1 aliphatic heterocycles. The van der Waals surface area contributed by atoms with E-state index in [1.165, 1.54) is 0 Å². The van der Waals surface area contributed by atoms with Crippen LogP contribution in [0.5, 0.6) is 5.75 Å². The summed E-state index contributed by atoms with van der Waals surface area (Å²) in [6.07, 6.45) is 6.54. The Bertz CT molecular complexity index is 1170. The third kappa shape index (κ3) is 5.11. The average molecular weight is 474 g/mol. The van der Waals surface area contributed by atoms with Crippen molar-refractivity contribution in [2.24, 2.45) is 0 Å². The molecule has 2 amide bonds. The van der Waals surface area contributed by atoms with E-state index in [1.807, 2.05) is 36.4 Å². The molecule has 0 bridgehead atoms. The van der Waals surface area contributed by atoms with Crippen LogP contribution in [0.3, 0.4) is 0 Å². The smallest absolute Gasteiger partial charge is 0.253 e. The highest BCUT2D eigenvalue weighted by molar-refractivity contribution is 5.97. The molecule has 1 aliphatic rings. The maximum absolute atomic E-state index is 13.6. The molecule has 3 heterocycles. The number of nitrogens with one attached hydrogen (secondary N) is 1. The number of pyridine rings is 2. The van der Waals surface area contributed by atoms with Crippen molar-refractivity contribution in [1.82, 2.24) is 19.8 Å². The summed E-state index contributed by atoms with van der Waals surface area (Å²) in [7, 11) is 5.10. The summed E-state index contributed by atoms with van der Waals surface area (Å²) in [6, 6.07) is 14.8. The van der Waals surface area contributed by atoms with Crippen LogP contribution in [0.4, 0.5) is 5.69 Å². The molecule has 0 unspecified atom stereocenters. The standard InChI is InChI=1S/C27H31N5O3/c1-31(2)26(34)27(24-7-4-5-13-29-24)12-6-16-32(19-27)25(33)21-8-9-23(35-3)22(17-21)30-18-20-10-14-28-15-11-20/h4-5,7-11,13-15,17,30H,6,12,16,18-19H2,1-3H3/t27-/m1/s1. The van der Waals surface area contributed by atoms with Gasteiger partial charge < -0.3 is 19.9 Å². The largest absolute Gasteiger partial charge is 0.495 e. The molecule has 1 N–H and O–H groups in total. The molecule has 35 heavy (non-hydrogen) atoms. The summed E-state index contributed by atoms with van der Waals surface area (Å²) in [5.41, 5.74) is 2.17. The third-order valence-corrected chi connectivity index (χ3v) is 6.43. The molecular weight excluding hydrogens is 442 g/mol. The fourth-order valence-electron chi connectivity index (χ4n) is 4.66. The van der Waals surface area contributed by atoms with Gasteiger partial charge in [-0.3, -0.25) is 19.6 Å². The van der Waals surface area contributed by atoms with Crippen LogP contribution < -0.4 is 10.1 Å². The van der Waals surface area contributed by atoms with Crippen LogP contribution in [0, 0.1) is 0 Å². The summed E-state index contributed by atoms with van der Waals surface area (Å²) >= 11 is 0. The van der Waals surface area contributed by atoms with Gasteiger partial charge in [-0.2, -0.15) is 0 Å². The Kier molecular flexibility index (Phi) is 7.29. The lowest BCUT2D eigenvalue weighted by Gasteiger charge is -2.42. The normalized spacial score (nSPS) is 17.5. The number of carbonyl (C=O) groups is 2. The van der Waals surface area contributed by atoms with Crippen molar-refractivity contribution in [2.75, 3.05) is 39.6 Å². The lowest BCUT2D eigenvalue weighted by Crippen LogP contribution is -2.56. The first-order chi connectivity index (χ1) is 16.9. The summed E-state index contributed by atoms with van der Waals surface area (Å²) in [5.74, 6) is 0.495. The first-order valence-corrected chi connectivity index (χ1v) is 11.7. The van der Waals surface area contributed by atoms with Gasteiger partial charge >= 0.3 is 0 Å². The molecular formula is C27H31N5O3. The van der Waals surface area contributed by atoms with Gasteiger partial charge in [0.2, 0.25) is 5.91 Å². The highest BCUT2D eigenvalue weighted by Crippen LogP contribution is 2.36. The number of methoxy groups -OCH3 is 1. The Morgan fingerprint density at radius 1 is 1.11 bits per heavy atom. The van der Waals surface area contributed by atoms with Crippen molar-refractivity contribution in [1.29, 1.82) is 0 Å². The summed E-state index contributed by atoms with van der Waals surface area (Å²) in [4.78, 5) is 39.0. The molecule has 0 saturated carbocycles. The fraction of sp³-hybridized carbons (Fsp3) is 0.333. The van der Waals surface area contributed by atoms with Crippen molar-refractivity contribution < 1.29 is 14.3 Å². The minimum atomic E-state index is -0.867. The Balaban J connectivity index is 1.60. The van der Waals surface area contributed by atoms with Crippen molar-refractivity contribution in [3.8, 4) is 5.75 Å². The molecule has 0 aliphatic carbocycles. The monoisotopic (exact) mass is 473 g/mol. The maximum atomic E-state index is 13.6. The highest BCUT2D eigenvalue weighted by atomic mass is 16.5. The van der Waals surface area contributed by atoms with Crippen LogP contribution in [0.25, 0.3) is 0 Å². The van der Waals surface area contributed by atoms with E-state index >= 15 is 0 Å². The second-order valence-corrected chi connectivity index (χ2v) is 8.95. The second kappa shape index (κ2) is 10.5. The third-order valence-electron chi connectivity index (χ3n) is 6.43. The number of rotatable bonds is 7. The molecule has 2 aromatic heterocycles. The molecule has 1 atom stereocenters. The van der Waals surface area contributed by atoms with Gasteiger partial charge in [0.15, 0.2) is 0 Å². The van der Waals surface area contributed by atoms with Crippen LogP contribution in [-0.4, -0.2) is 65.9 Å². The number of nitrogens with zero attached hydrogens (tertiary/aromatic N) is 4. The Hall–Kier alpha value is -3.94. The predicted molar refractivity (Wildman–Crippen MR) is 134 cm³/mol. The first kappa shape index (κ1) is 24.2. The zero-order valence-corrected chi connectivity index (χ0v) is 20.4. The number of piperidine rings is 1. The maximum Gasteiger partial charge on any atom is 0.253 e. The fourth-order valence-corrected chi connectivity index (χ4v) is 4.66. The topological polar surface area (TPSA) is 87.7 Å². The number of carbonyl (C=O) groups excluding carboxylic acids is 2. The lowest BCUT2D eigenvalue weighted by atomic mass is 9.75. The quantitative estimate of drug-likeness (QED) is 0.566. The highest BCUT2D eigenvalue weighted by Gasteiger charge is 2.47. The molecule has 182 valence electrons. The minimum Gasteiger partial charge on any atom is -0.495 e. The average Bonchev–Trinajstić information content (AvgIpc) is 2.91. The van der Waals surface area contributed by atoms with Crippen LogP contribution in [0.2, 0.25) is 0 Å². The molecule has 8 heteroatoms. The molecule has 1 fully saturated rings. The van der Waals surface area contributed by atoms with Gasteiger partial charge in [0, 0.05) is 57.9 Å². The number of anilines is 1. The van der Waals surface area contributed by atoms with Crippen molar-refractivity contribution in [2.45, 2.75) is 24.8 Å². The predicted octanol–water partition coefficient (Wildman–Crippen LogP) is 3.36. The van der Waals surface area contributed by atoms with Crippen LogP contribution in [0.15, 0.2) is 67.1 Å². The van der Waals surface area contributed by atoms with Gasteiger partial charge in [-0.25, -0.2) is 0 Å². The number of likely N-dealkylation sites (tertiary alicyclic amines) is 1. The number of likely N-dealkylation sites (N-methyl/N-ethyl adjacent to an activating group) is 1. The zero-order chi connectivity index (χ0) is 24.8. The van der Waals surface area contributed by atoms with Crippen LogP contribution >= 0.6 is 0 Å². The Morgan fingerprint density at radius 2 is 1.91 bits per heavy atom. The van der Waals surface area contributed by atoms with Gasteiger partial charge in [0.1, 0.15) is 11.2 Å². The van der Waals surface area contributed by atoms with Gasteiger partial charge in [-0.1, -0.05) is 6.07 Å². The van der Waals surface area contributed by atoms with Gasteiger partial charge in [0.25, 0.3) is 5.91 Å². The van der Waals surface area contributed by atoms with Gasteiger partial charge in [-0.05, 0) is 60.9 Å². The van der Waals surface area contributed by atoms with Crippen LogP contribution in [-0.2, 0) is 16.8 Å².